The molecule has 0 saturated heterocycles. The number of fused-ring (bicyclic) bond motifs is 3. The van der Waals surface area contributed by atoms with Crippen LogP contribution in [0, 0.1) is 11.8 Å². The summed E-state index contributed by atoms with van der Waals surface area (Å²) in [5.41, 5.74) is 0.186. The molecule has 3 aliphatic rings. The molecule has 1 aromatic rings. The first-order valence-corrected chi connectivity index (χ1v) is 12.5. The lowest BCUT2D eigenvalue weighted by Gasteiger charge is -2.55. The van der Waals surface area contributed by atoms with Crippen molar-refractivity contribution < 1.29 is 26.9 Å². The predicted molar refractivity (Wildman–Crippen MR) is 132 cm³/mol. The molecule has 0 bridgehead atoms. The van der Waals surface area contributed by atoms with Gasteiger partial charge >= 0.3 is 5.97 Å². The maximum absolute atomic E-state index is 13.6. The lowest BCUT2D eigenvalue weighted by atomic mass is 9.67. The third kappa shape index (κ3) is 4.34. The van der Waals surface area contributed by atoms with Crippen molar-refractivity contribution in [3.05, 3.63) is 34.4 Å². The van der Waals surface area contributed by atoms with Crippen LogP contribution >= 0.6 is 34.6 Å². The van der Waals surface area contributed by atoms with Gasteiger partial charge in [0, 0.05) is 43.7 Å². The summed E-state index contributed by atoms with van der Waals surface area (Å²) in [7, 11) is 1.65. The van der Waals surface area contributed by atoms with E-state index in [9.17, 15) is 9.59 Å². The Balaban J connectivity index is 1.83. The molecule has 33 heavy (non-hydrogen) atoms. The molecule has 0 N–H and O–H groups in total. The number of nitrogens with zero attached hydrogens (tertiary/aromatic N) is 1. The second kappa shape index (κ2) is 9.62. The van der Waals surface area contributed by atoms with Gasteiger partial charge in [0.25, 0.3) is 5.91 Å². The number of ether oxygens (including phenoxy) is 3. The topological polar surface area (TPSA) is 74.3 Å². The molecule has 4 rings (SSSR count). The van der Waals surface area contributed by atoms with E-state index in [1.165, 1.54) is 23.0 Å². The third-order valence-electron chi connectivity index (χ3n) is 6.75. The molecule has 1 saturated carbocycles. The van der Waals surface area contributed by atoms with Crippen molar-refractivity contribution in [3.63, 3.8) is 0 Å². The van der Waals surface area contributed by atoms with Gasteiger partial charge < -0.3 is 22.2 Å². The molecule has 3 unspecified atom stereocenters. The Morgan fingerprint density at radius 3 is 2.67 bits per heavy atom. The van der Waals surface area contributed by atoms with Gasteiger partial charge in [-0.15, -0.1) is 0 Å². The van der Waals surface area contributed by atoms with Crippen molar-refractivity contribution in [2.24, 2.45) is 11.8 Å². The fourth-order valence-corrected chi connectivity index (χ4v) is 5.46. The van der Waals surface area contributed by atoms with Crippen LogP contribution in [0.5, 0.6) is 11.5 Å². The van der Waals surface area contributed by atoms with E-state index in [-0.39, 0.29) is 35.5 Å². The van der Waals surface area contributed by atoms with Gasteiger partial charge in [-0.2, -0.15) is 0 Å². The number of hydrogen-bond donors (Lipinski definition) is 0. The maximum Gasteiger partial charge on any atom is 0.352 e. The van der Waals surface area contributed by atoms with Gasteiger partial charge in [-0.25, -0.2) is 4.79 Å². The van der Waals surface area contributed by atoms with E-state index in [1.807, 2.05) is 17.0 Å². The zero-order valence-electron chi connectivity index (χ0n) is 19.2. The number of hydrogen-bond acceptors (Lipinski definition) is 6. The average molecular weight is 590 g/mol. The minimum absolute atomic E-state index is 0.0678. The highest BCUT2D eigenvalue weighted by Crippen LogP contribution is 2.56. The summed E-state index contributed by atoms with van der Waals surface area (Å²) < 4.78 is 22.4. The summed E-state index contributed by atoms with van der Waals surface area (Å²) in [4.78, 5) is 27.9. The van der Waals surface area contributed by atoms with E-state index < -0.39 is 11.5 Å². The summed E-state index contributed by atoms with van der Waals surface area (Å²) in [5, 5.41) is 0.461. The highest BCUT2D eigenvalue weighted by Gasteiger charge is 2.59. The summed E-state index contributed by atoms with van der Waals surface area (Å²) in [6.45, 7) is 7.28. The zero-order valence-corrected chi connectivity index (χ0v) is 22.1. The number of benzene rings is 1. The average Bonchev–Trinajstić information content (AvgIpc) is 3.61. The summed E-state index contributed by atoms with van der Waals surface area (Å²) in [6.07, 6.45) is 4.04. The van der Waals surface area contributed by atoms with Gasteiger partial charge in [0.2, 0.25) is 0 Å². The van der Waals surface area contributed by atoms with Crippen molar-refractivity contribution in [1.82, 2.24) is 4.90 Å². The molecule has 1 amide bonds. The van der Waals surface area contributed by atoms with Crippen LogP contribution in [0.15, 0.2) is 23.8 Å². The molecule has 0 aromatic heterocycles. The highest BCUT2D eigenvalue weighted by atomic mass is 127. The molecule has 2 aliphatic heterocycles. The molecular weight excluding hydrogens is 561 g/mol. The monoisotopic (exact) mass is 589 g/mol. The van der Waals surface area contributed by atoms with Gasteiger partial charge in [0.15, 0.2) is 23.0 Å². The van der Waals surface area contributed by atoms with Crippen LogP contribution in [0.25, 0.3) is 0 Å². The number of carbonyl (C=O) groups is 2. The Bertz CT molecular complexity index is 978. The minimum atomic E-state index is -0.714. The third-order valence-corrected chi connectivity index (χ3v) is 7.45. The minimum Gasteiger partial charge on any atom is -0.492 e. The molecule has 1 fully saturated rings. The Hall–Kier alpha value is -1.52. The first-order valence-electron chi connectivity index (χ1n) is 11.2. The first-order chi connectivity index (χ1) is 15.7. The number of carbonyl (C=O) groups excluding carboxylic acids is 2. The van der Waals surface area contributed by atoms with Gasteiger partial charge in [-0.3, -0.25) is 4.79 Å². The largest absolute Gasteiger partial charge is 0.492 e. The Kier molecular flexibility index (Phi) is 7.17. The predicted octanol–water partition coefficient (Wildman–Crippen LogP) is 4.83. The van der Waals surface area contributed by atoms with E-state index in [1.54, 1.807) is 13.2 Å². The number of methoxy groups -OCH3 is 1. The smallest absolute Gasteiger partial charge is 0.352 e. The van der Waals surface area contributed by atoms with Crippen molar-refractivity contribution >= 4 is 46.5 Å². The Morgan fingerprint density at radius 2 is 2.06 bits per heavy atom. The second-order valence-corrected chi connectivity index (χ2v) is 10.2. The SMILES string of the molecule is COCCCOc1cc2c(cc1Cl)C1(C)C(C=C(C(=O)OI)C(=O)N1C1CC1)C(C(C)C)O2. The van der Waals surface area contributed by atoms with Crippen molar-refractivity contribution in [3.8, 4) is 11.5 Å². The molecule has 7 nitrogen and oxygen atoms in total. The number of rotatable bonds is 8. The van der Waals surface area contributed by atoms with Crippen LogP contribution in [0.3, 0.4) is 0 Å². The molecule has 1 aromatic carbocycles. The lowest BCUT2D eigenvalue weighted by molar-refractivity contribution is -0.146. The van der Waals surface area contributed by atoms with Crippen LogP contribution in [-0.2, 0) is 22.9 Å². The summed E-state index contributed by atoms with van der Waals surface area (Å²) in [6, 6.07) is 3.75. The highest BCUT2D eigenvalue weighted by molar-refractivity contribution is 14.1. The Labute approximate surface area is 213 Å². The standard InChI is InChI=1S/C24H29ClINO6/c1-13(2)21-17-10-15(23(29)33-26)22(28)27(14-6-7-14)24(17,3)16-11-18(25)20(12-19(16)32-21)31-9-5-8-30-4/h10-14,17,21H,5-9H2,1-4H3. The van der Waals surface area contributed by atoms with Gasteiger partial charge in [-0.05, 0) is 31.7 Å². The zero-order chi connectivity index (χ0) is 23.9. The van der Waals surface area contributed by atoms with Gasteiger partial charge in [0.05, 0.1) is 17.2 Å². The maximum atomic E-state index is 13.6. The molecular formula is C24H29ClINO6. The normalized spacial score (nSPS) is 26.3. The lowest BCUT2D eigenvalue weighted by Crippen LogP contribution is -2.62. The van der Waals surface area contributed by atoms with E-state index in [0.29, 0.717) is 29.7 Å². The molecule has 180 valence electrons. The van der Waals surface area contributed by atoms with Crippen LogP contribution in [0.2, 0.25) is 5.02 Å². The summed E-state index contributed by atoms with van der Waals surface area (Å²) in [5.74, 6) is 0.167. The van der Waals surface area contributed by atoms with Crippen LogP contribution < -0.4 is 9.47 Å². The van der Waals surface area contributed by atoms with Crippen LogP contribution in [0.4, 0.5) is 0 Å². The van der Waals surface area contributed by atoms with E-state index in [0.717, 1.165) is 24.8 Å². The Morgan fingerprint density at radius 1 is 1.33 bits per heavy atom. The van der Waals surface area contributed by atoms with E-state index >= 15 is 0 Å². The number of halogens is 2. The number of amides is 1. The van der Waals surface area contributed by atoms with Crippen molar-refractivity contribution in [2.75, 3.05) is 20.3 Å². The summed E-state index contributed by atoms with van der Waals surface area (Å²) >= 11 is 8.17. The van der Waals surface area contributed by atoms with Gasteiger partial charge in [-0.1, -0.05) is 31.5 Å². The van der Waals surface area contributed by atoms with Gasteiger partial charge in [0.1, 0.15) is 23.2 Å². The van der Waals surface area contributed by atoms with Crippen molar-refractivity contribution in [2.45, 2.75) is 57.7 Å². The van der Waals surface area contributed by atoms with Crippen LogP contribution in [0.1, 0.15) is 45.6 Å². The fourth-order valence-electron chi connectivity index (χ4n) is 5.01. The van der Waals surface area contributed by atoms with E-state index in [2.05, 4.69) is 20.8 Å². The molecule has 3 atom stereocenters. The first kappa shape index (κ1) is 24.6. The molecule has 1 aliphatic carbocycles. The molecule has 9 heteroatoms. The van der Waals surface area contributed by atoms with E-state index in [4.69, 9.17) is 28.9 Å². The second-order valence-electron chi connectivity index (χ2n) is 9.32. The molecule has 0 radical (unpaired) electrons. The quantitative estimate of drug-likeness (QED) is 0.246. The molecule has 2 heterocycles. The van der Waals surface area contributed by atoms with Crippen LogP contribution in [-0.4, -0.2) is 49.2 Å². The van der Waals surface area contributed by atoms with Crippen molar-refractivity contribution in [1.29, 1.82) is 0 Å². The molecule has 0 spiro atoms. The fraction of sp³-hybridized carbons (Fsp3) is 0.583.